The van der Waals surface area contributed by atoms with Crippen LogP contribution in [0.3, 0.4) is 0 Å². The third-order valence-corrected chi connectivity index (χ3v) is 6.46. The second-order valence-corrected chi connectivity index (χ2v) is 9.06. The molecule has 0 aromatic rings. The Hall–Kier alpha value is 0.0700. The van der Waals surface area contributed by atoms with E-state index in [0.29, 0.717) is 0 Å². The lowest BCUT2D eigenvalue weighted by molar-refractivity contribution is -0.118. The quantitative estimate of drug-likeness (QED) is 0.0488. The summed E-state index contributed by atoms with van der Waals surface area (Å²) < 4.78 is 1.84. The Morgan fingerprint density at radius 2 is 1.39 bits per heavy atom. The molecule has 0 heterocycles. The van der Waals surface area contributed by atoms with Crippen LogP contribution in [-0.4, -0.2) is 93.2 Å². The number of halogens is 3. The third-order valence-electron chi connectivity index (χ3n) is 3.82. The molecular formula is C17H26I3N3O8. The highest BCUT2D eigenvalue weighted by Crippen LogP contribution is 2.32. The van der Waals surface area contributed by atoms with Gasteiger partial charge in [0.15, 0.2) is 0 Å². The highest BCUT2D eigenvalue weighted by molar-refractivity contribution is 14.1. The molecule has 0 fully saturated rings. The number of aliphatic hydroxyl groups excluding tert-OH is 5. The molecule has 31 heavy (non-hydrogen) atoms. The number of hydroxylamine groups is 1. The number of aliphatic hydroxyl groups is 5. The molecule has 0 spiro atoms. The fraction of sp³-hybridized carbons (Fsp3) is 0.529. The van der Waals surface area contributed by atoms with Crippen molar-refractivity contribution in [1.29, 1.82) is 0 Å². The molecule has 2 atom stereocenters. The molecule has 0 bridgehead atoms. The average Bonchev–Trinajstić information content (AvgIpc) is 2.74. The molecule has 0 radical (unpaired) electrons. The summed E-state index contributed by atoms with van der Waals surface area (Å²) in [7, 11) is 0. The molecule has 0 aromatic heterocycles. The van der Waals surface area contributed by atoms with Crippen molar-refractivity contribution < 1.29 is 40.3 Å². The van der Waals surface area contributed by atoms with Crippen molar-refractivity contribution in [3.63, 3.8) is 0 Å². The second-order valence-electron chi connectivity index (χ2n) is 6.19. The first-order valence-corrected chi connectivity index (χ1v) is 12.2. The van der Waals surface area contributed by atoms with E-state index in [9.17, 15) is 40.3 Å². The Balaban J connectivity index is 6.40. The summed E-state index contributed by atoms with van der Waals surface area (Å²) in [5.41, 5.74) is 1.95. The van der Waals surface area contributed by atoms with Gasteiger partial charge in [-0.2, -0.15) is 5.48 Å². The molecule has 1 unspecified atom stereocenters. The molecule has 0 aliphatic rings. The van der Waals surface area contributed by atoms with Crippen LogP contribution in [0, 0.1) is 0 Å². The van der Waals surface area contributed by atoms with Crippen molar-refractivity contribution in [2.75, 3.05) is 26.4 Å². The standard InChI is InChI=1S/C17H26I3N3O8/c1-8(28)13(23-31)2-12(19)14(17(30)22-10(6-26)7-27)15(20)11(3-18)16(29)21-9(4-24)5-25/h2-3,8-10,13,23-28,31H,4-7H2,1H3,(H,21,29)(H,22,30)/b11-3-,12-2-,15-14-/t8-,13?/m0/s1. The number of nitrogens with one attached hydrogen (secondary N) is 3. The Kier molecular flexibility index (Phi) is 16.7. The molecule has 178 valence electrons. The maximum Gasteiger partial charge on any atom is 0.253 e. The highest BCUT2D eigenvalue weighted by atomic mass is 127. The van der Waals surface area contributed by atoms with Gasteiger partial charge in [0, 0.05) is 7.16 Å². The highest BCUT2D eigenvalue weighted by Gasteiger charge is 2.26. The van der Waals surface area contributed by atoms with Gasteiger partial charge >= 0.3 is 0 Å². The van der Waals surface area contributed by atoms with Crippen molar-refractivity contribution in [2.24, 2.45) is 0 Å². The summed E-state index contributed by atoms with van der Waals surface area (Å²) in [5.74, 6) is -1.38. The smallest absolute Gasteiger partial charge is 0.253 e. The average molecular weight is 781 g/mol. The van der Waals surface area contributed by atoms with Gasteiger partial charge < -0.3 is 41.4 Å². The number of hydrogen-bond acceptors (Lipinski definition) is 9. The van der Waals surface area contributed by atoms with E-state index in [2.05, 4.69) is 10.6 Å². The van der Waals surface area contributed by atoms with Gasteiger partial charge in [-0.3, -0.25) is 9.59 Å². The molecule has 0 saturated carbocycles. The predicted molar refractivity (Wildman–Crippen MR) is 138 cm³/mol. The van der Waals surface area contributed by atoms with Crippen molar-refractivity contribution >= 4 is 79.6 Å². The second kappa shape index (κ2) is 16.6. The predicted octanol–water partition coefficient (Wildman–Crippen LogP) is -1.02. The van der Waals surface area contributed by atoms with E-state index in [1.165, 1.54) is 17.1 Å². The zero-order valence-electron chi connectivity index (χ0n) is 16.4. The van der Waals surface area contributed by atoms with E-state index in [1.807, 2.05) is 5.48 Å². The SMILES string of the molecule is C[C@H](O)C(/C=C(I)/C(C(=O)NC(CO)CO)=C(I)\C(=C\I)C(=O)NC(CO)CO)NO. The van der Waals surface area contributed by atoms with Crippen molar-refractivity contribution in [1.82, 2.24) is 16.1 Å². The molecule has 0 aliphatic carbocycles. The Morgan fingerprint density at radius 1 is 0.935 bits per heavy atom. The van der Waals surface area contributed by atoms with Crippen LogP contribution >= 0.6 is 67.8 Å². The molecule has 0 saturated heterocycles. The van der Waals surface area contributed by atoms with Crippen LogP contribution in [0.4, 0.5) is 0 Å². The monoisotopic (exact) mass is 781 g/mol. The van der Waals surface area contributed by atoms with Gasteiger partial charge in [0.1, 0.15) is 0 Å². The van der Waals surface area contributed by atoms with E-state index in [4.69, 9.17) is 0 Å². The number of rotatable bonds is 13. The molecule has 0 aliphatic heterocycles. The maximum atomic E-state index is 12.9. The van der Waals surface area contributed by atoms with E-state index in [1.54, 1.807) is 67.8 Å². The first-order chi connectivity index (χ1) is 14.6. The summed E-state index contributed by atoms with van der Waals surface area (Å²) in [5, 5.41) is 60.9. The van der Waals surface area contributed by atoms with Crippen LogP contribution in [-0.2, 0) is 9.59 Å². The zero-order valence-corrected chi connectivity index (χ0v) is 22.9. The third kappa shape index (κ3) is 10.3. The van der Waals surface area contributed by atoms with E-state index in [-0.39, 0.29) is 18.3 Å². The molecule has 9 N–H and O–H groups in total. The van der Waals surface area contributed by atoms with Gasteiger partial charge in [-0.15, -0.1) is 0 Å². The van der Waals surface area contributed by atoms with E-state index in [0.717, 1.165) is 0 Å². The lowest BCUT2D eigenvalue weighted by Crippen LogP contribution is -2.42. The minimum absolute atomic E-state index is 0.0170. The summed E-state index contributed by atoms with van der Waals surface area (Å²) >= 11 is 5.37. The summed E-state index contributed by atoms with van der Waals surface area (Å²) in [6.45, 7) is -0.608. The van der Waals surface area contributed by atoms with Gasteiger partial charge in [-0.1, -0.05) is 22.6 Å². The minimum atomic E-state index is -1.02. The number of hydrogen-bond donors (Lipinski definition) is 9. The lowest BCUT2D eigenvalue weighted by atomic mass is 10.1. The molecule has 0 rings (SSSR count). The Labute approximate surface area is 220 Å². The van der Waals surface area contributed by atoms with Crippen molar-refractivity contribution in [3.8, 4) is 0 Å². The molecule has 2 amide bonds. The van der Waals surface area contributed by atoms with Crippen LogP contribution in [0.25, 0.3) is 0 Å². The first kappa shape index (κ1) is 31.1. The minimum Gasteiger partial charge on any atom is -0.394 e. The summed E-state index contributed by atoms with van der Waals surface area (Å²) in [4.78, 5) is 25.6. The van der Waals surface area contributed by atoms with Gasteiger partial charge in [0.25, 0.3) is 11.8 Å². The number of carbonyl (C=O) groups is 2. The largest absolute Gasteiger partial charge is 0.394 e. The van der Waals surface area contributed by atoms with Gasteiger partial charge in [0.05, 0.1) is 61.8 Å². The fourth-order valence-corrected chi connectivity index (χ4v) is 5.53. The molecule has 0 aromatic carbocycles. The van der Waals surface area contributed by atoms with Gasteiger partial charge in [-0.05, 0) is 62.3 Å². The summed E-state index contributed by atoms with van der Waals surface area (Å²) in [6.07, 6.45) is 0.357. The lowest BCUT2D eigenvalue weighted by Gasteiger charge is -2.20. The van der Waals surface area contributed by atoms with Gasteiger partial charge in [0.2, 0.25) is 0 Å². The van der Waals surface area contributed by atoms with Crippen LogP contribution in [0.1, 0.15) is 6.92 Å². The maximum absolute atomic E-state index is 12.9. The van der Waals surface area contributed by atoms with E-state index < -0.39 is 62.5 Å². The van der Waals surface area contributed by atoms with Crippen LogP contribution in [0.2, 0.25) is 0 Å². The van der Waals surface area contributed by atoms with Crippen molar-refractivity contribution in [2.45, 2.75) is 31.2 Å². The Morgan fingerprint density at radius 3 is 1.74 bits per heavy atom. The van der Waals surface area contributed by atoms with Crippen molar-refractivity contribution in [3.05, 3.63) is 28.5 Å². The zero-order chi connectivity index (χ0) is 24.1. The normalized spacial score (nSPS) is 15.6. The number of amides is 2. The van der Waals surface area contributed by atoms with Gasteiger partial charge in [-0.25, -0.2) is 0 Å². The molecular weight excluding hydrogens is 755 g/mol. The number of carbonyl (C=O) groups excluding carboxylic acids is 2. The molecule has 11 nitrogen and oxygen atoms in total. The van der Waals surface area contributed by atoms with Crippen LogP contribution in [0.15, 0.2) is 28.5 Å². The molecule has 14 heteroatoms. The van der Waals surface area contributed by atoms with E-state index >= 15 is 0 Å². The van der Waals surface area contributed by atoms with Crippen LogP contribution in [0.5, 0.6) is 0 Å². The fourth-order valence-electron chi connectivity index (χ4n) is 1.99. The van der Waals surface area contributed by atoms with Crippen LogP contribution < -0.4 is 16.1 Å². The Bertz CT molecular complexity index is 692. The first-order valence-electron chi connectivity index (χ1n) is 8.82. The summed E-state index contributed by atoms with van der Waals surface area (Å²) in [6, 6.07) is -2.78. The topological polar surface area (TPSA) is 192 Å².